The number of allylic oxidation sites excluding steroid dienone is 1. The van der Waals surface area contributed by atoms with Crippen LogP contribution in [0, 0.1) is 0 Å². The maximum atomic E-state index is 12.3. The van der Waals surface area contributed by atoms with E-state index < -0.39 is 35.4 Å². The molecule has 0 aliphatic rings. The zero-order valence-electron chi connectivity index (χ0n) is 23.5. The molecule has 0 bridgehead atoms. The molecule has 0 radical (unpaired) electrons. The summed E-state index contributed by atoms with van der Waals surface area (Å²) in [6.45, 7) is 10.7. The van der Waals surface area contributed by atoms with Crippen LogP contribution in [-0.2, 0) is 31.8 Å². The second-order valence-electron chi connectivity index (χ2n) is 10.8. The van der Waals surface area contributed by atoms with Gasteiger partial charge in [-0.15, -0.1) is 0 Å². The number of alkyl carbamates (subject to hydrolysis) is 1. The Morgan fingerprint density at radius 2 is 1.61 bits per heavy atom. The van der Waals surface area contributed by atoms with E-state index in [9.17, 15) is 14.4 Å². The van der Waals surface area contributed by atoms with E-state index in [2.05, 4.69) is 10.3 Å². The van der Waals surface area contributed by atoms with Gasteiger partial charge in [-0.2, -0.15) is 0 Å². The fourth-order valence-corrected chi connectivity index (χ4v) is 3.29. The average molecular weight is 526 g/mol. The summed E-state index contributed by atoms with van der Waals surface area (Å²) in [5, 5.41) is 2.58. The Bertz CT molecular complexity index is 1130. The molecule has 0 fully saturated rings. The molecule has 0 spiro atoms. The Balaban J connectivity index is 2.00. The van der Waals surface area contributed by atoms with Crippen molar-refractivity contribution in [3.05, 3.63) is 65.4 Å². The normalized spacial score (nSPS) is 12.5. The maximum Gasteiger partial charge on any atom is 0.415 e. The second kappa shape index (κ2) is 13.1. The first-order chi connectivity index (χ1) is 17.7. The largest absolute Gasteiger partial charge is 0.467 e. The Morgan fingerprint density at radius 1 is 0.974 bits per heavy atom. The maximum absolute atomic E-state index is 12.3. The number of hydrogen-bond acceptors (Lipinski definition) is 7. The minimum Gasteiger partial charge on any atom is -0.467 e. The molecule has 2 amide bonds. The van der Waals surface area contributed by atoms with Crippen molar-refractivity contribution in [2.75, 3.05) is 19.1 Å². The van der Waals surface area contributed by atoms with Crippen LogP contribution in [-0.4, -0.2) is 54.5 Å². The standard InChI is InChI=1S/C29H39N3O6/c1-28(2,3)37-26(34)31-23(25(33)36-8)19-21-17-15-20(16-18-21)11-9-12-22-13-10-14-24(30-22)32(7)27(35)38-29(4,5)6/h9-11,13-18,23H,12,19H2,1-8H3,(H,31,34)/t23-/m0/s1. The van der Waals surface area contributed by atoms with Gasteiger partial charge in [0.15, 0.2) is 0 Å². The summed E-state index contributed by atoms with van der Waals surface area (Å²) in [6.07, 6.45) is 3.64. The summed E-state index contributed by atoms with van der Waals surface area (Å²) < 4.78 is 15.5. The zero-order chi connectivity index (χ0) is 28.5. The van der Waals surface area contributed by atoms with E-state index in [4.69, 9.17) is 14.2 Å². The predicted octanol–water partition coefficient (Wildman–Crippen LogP) is 5.32. The number of ether oxygens (including phenoxy) is 3. The molecule has 1 heterocycles. The van der Waals surface area contributed by atoms with Crippen LogP contribution in [0.1, 0.15) is 58.4 Å². The fraction of sp³-hybridized carbons (Fsp3) is 0.448. The molecule has 1 aromatic heterocycles. The highest BCUT2D eigenvalue weighted by Crippen LogP contribution is 2.16. The van der Waals surface area contributed by atoms with Gasteiger partial charge in [0, 0.05) is 25.6 Å². The van der Waals surface area contributed by atoms with Crippen molar-refractivity contribution in [2.24, 2.45) is 0 Å². The van der Waals surface area contributed by atoms with Gasteiger partial charge in [0.2, 0.25) is 0 Å². The third-order valence-corrected chi connectivity index (χ3v) is 5.04. The molecule has 9 heteroatoms. The van der Waals surface area contributed by atoms with Gasteiger partial charge in [0.1, 0.15) is 23.1 Å². The van der Waals surface area contributed by atoms with Crippen LogP contribution in [0.2, 0.25) is 0 Å². The number of pyridine rings is 1. The number of benzene rings is 1. The molecule has 2 aromatic rings. The summed E-state index contributed by atoms with van der Waals surface area (Å²) in [7, 11) is 2.91. The van der Waals surface area contributed by atoms with Gasteiger partial charge < -0.3 is 19.5 Å². The summed E-state index contributed by atoms with van der Waals surface area (Å²) >= 11 is 0. The molecule has 206 valence electrons. The van der Waals surface area contributed by atoms with Crippen molar-refractivity contribution < 1.29 is 28.6 Å². The lowest BCUT2D eigenvalue weighted by Crippen LogP contribution is -2.45. The number of nitrogens with one attached hydrogen (secondary N) is 1. The van der Waals surface area contributed by atoms with E-state index in [1.807, 2.05) is 69.3 Å². The summed E-state index contributed by atoms with van der Waals surface area (Å²) in [6, 6.07) is 12.3. The van der Waals surface area contributed by atoms with Crippen LogP contribution >= 0.6 is 0 Å². The Labute approximate surface area is 225 Å². The minimum absolute atomic E-state index is 0.262. The van der Waals surface area contributed by atoms with Crippen molar-refractivity contribution in [3.63, 3.8) is 0 Å². The molecule has 0 unspecified atom stereocenters. The first kappa shape index (κ1) is 30.3. The third-order valence-electron chi connectivity index (χ3n) is 5.04. The number of aromatic nitrogens is 1. The quantitative estimate of drug-likeness (QED) is 0.367. The highest BCUT2D eigenvalue weighted by molar-refractivity contribution is 5.86. The number of amides is 2. The number of esters is 1. The lowest BCUT2D eigenvalue weighted by atomic mass is 10.0. The molecule has 1 aromatic carbocycles. The van der Waals surface area contributed by atoms with Crippen molar-refractivity contribution in [1.29, 1.82) is 0 Å². The van der Waals surface area contributed by atoms with Gasteiger partial charge >= 0.3 is 18.2 Å². The summed E-state index contributed by atoms with van der Waals surface area (Å²) in [5.74, 6) is -0.0403. The Hall–Kier alpha value is -3.88. The number of rotatable bonds is 8. The SMILES string of the molecule is COC(=O)[C@H](Cc1ccc(C=CCc2cccc(N(C)C(=O)OC(C)(C)C)n2)cc1)NC(=O)OC(C)(C)C. The summed E-state index contributed by atoms with van der Waals surface area (Å²) in [4.78, 5) is 42.6. The number of hydrogen-bond donors (Lipinski definition) is 1. The summed E-state index contributed by atoms with van der Waals surface area (Å²) in [5.41, 5.74) is 1.36. The molecule has 2 rings (SSSR count). The van der Waals surface area contributed by atoms with Gasteiger partial charge in [0.05, 0.1) is 7.11 Å². The van der Waals surface area contributed by atoms with Crippen LogP contribution in [0.5, 0.6) is 0 Å². The van der Waals surface area contributed by atoms with E-state index >= 15 is 0 Å². The minimum atomic E-state index is -0.867. The molecule has 1 atom stereocenters. The molecule has 0 aliphatic carbocycles. The Kier molecular flexibility index (Phi) is 10.4. The zero-order valence-corrected chi connectivity index (χ0v) is 23.5. The van der Waals surface area contributed by atoms with Crippen LogP contribution in [0.3, 0.4) is 0 Å². The lowest BCUT2D eigenvalue weighted by molar-refractivity contribution is -0.143. The van der Waals surface area contributed by atoms with Gasteiger partial charge in [-0.1, -0.05) is 42.5 Å². The van der Waals surface area contributed by atoms with Crippen LogP contribution in [0.25, 0.3) is 6.08 Å². The molecule has 38 heavy (non-hydrogen) atoms. The monoisotopic (exact) mass is 525 g/mol. The molecule has 9 nitrogen and oxygen atoms in total. The van der Waals surface area contributed by atoms with Gasteiger partial charge in [-0.3, -0.25) is 4.90 Å². The molecular weight excluding hydrogens is 486 g/mol. The van der Waals surface area contributed by atoms with Gasteiger partial charge in [-0.05, 0) is 64.8 Å². The first-order valence-electron chi connectivity index (χ1n) is 12.4. The number of methoxy groups -OCH3 is 1. The molecule has 0 saturated heterocycles. The van der Waals surface area contributed by atoms with E-state index in [1.54, 1.807) is 33.9 Å². The molecule has 0 aliphatic heterocycles. The highest BCUT2D eigenvalue weighted by Gasteiger charge is 2.25. The van der Waals surface area contributed by atoms with Crippen LogP contribution < -0.4 is 10.2 Å². The molecule has 1 N–H and O–H groups in total. The van der Waals surface area contributed by atoms with Gasteiger partial charge in [-0.25, -0.2) is 19.4 Å². The van der Waals surface area contributed by atoms with E-state index in [0.29, 0.717) is 12.2 Å². The predicted molar refractivity (Wildman–Crippen MR) is 147 cm³/mol. The highest BCUT2D eigenvalue weighted by atomic mass is 16.6. The topological polar surface area (TPSA) is 107 Å². The smallest absolute Gasteiger partial charge is 0.415 e. The second-order valence-corrected chi connectivity index (χ2v) is 10.8. The van der Waals surface area contributed by atoms with E-state index in [-0.39, 0.29) is 6.42 Å². The van der Waals surface area contributed by atoms with Gasteiger partial charge in [0.25, 0.3) is 0 Å². The number of nitrogens with zero attached hydrogens (tertiary/aromatic N) is 2. The number of anilines is 1. The Morgan fingerprint density at radius 3 is 2.18 bits per heavy atom. The fourth-order valence-electron chi connectivity index (χ4n) is 3.29. The van der Waals surface area contributed by atoms with Crippen LogP contribution in [0.15, 0.2) is 48.5 Å². The third kappa shape index (κ3) is 10.6. The molecular formula is C29H39N3O6. The van der Waals surface area contributed by atoms with E-state index in [1.165, 1.54) is 12.0 Å². The van der Waals surface area contributed by atoms with Crippen LogP contribution in [0.4, 0.5) is 15.4 Å². The van der Waals surface area contributed by atoms with Crippen molar-refractivity contribution >= 4 is 30.0 Å². The first-order valence-corrected chi connectivity index (χ1v) is 12.4. The van der Waals surface area contributed by atoms with Crippen molar-refractivity contribution in [3.8, 4) is 0 Å². The number of carbonyl (C=O) groups is 3. The average Bonchev–Trinajstić information content (AvgIpc) is 2.81. The van der Waals surface area contributed by atoms with E-state index in [0.717, 1.165) is 16.8 Å². The van der Waals surface area contributed by atoms with Crippen molar-refractivity contribution in [1.82, 2.24) is 10.3 Å². The molecule has 0 saturated carbocycles. The number of carbonyl (C=O) groups excluding carboxylic acids is 3. The lowest BCUT2D eigenvalue weighted by Gasteiger charge is -2.24. The van der Waals surface area contributed by atoms with Crippen molar-refractivity contribution in [2.45, 2.75) is 71.6 Å².